The van der Waals surface area contributed by atoms with Gasteiger partial charge in [-0.2, -0.15) is 0 Å². The lowest BCUT2D eigenvalue weighted by molar-refractivity contribution is -0.120. The number of rotatable bonds is 10. The van der Waals surface area contributed by atoms with Crippen LogP contribution in [0, 0.1) is 0 Å². The summed E-state index contributed by atoms with van der Waals surface area (Å²) < 4.78 is 16.1. The minimum Gasteiger partial charge on any atom is -0.399 e. The molecule has 7 heteroatoms. The van der Waals surface area contributed by atoms with Gasteiger partial charge in [0.2, 0.25) is 5.91 Å². The summed E-state index contributed by atoms with van der Waals surface area (Å²) in [4.78, 5) is 11.7. The second kappa shape index (κ2) is 10.6. The molecule has 0 aliphatic carbocycles. The Balaban J connectivity index is 2.11. The molecule has 3 N–H and O–H groups in total. The van der Waals surface area contributed by atoms with Gasteiger partial charge in [-0.25, -0.2) is 0 Å². The van der Waals surface area contributed by atoms with E-state index in [-0.39, 0.29) is 12.5 Å². The second-order valence-electron chi connectivity index (χ2n) is 4.30. The number of hydrogen-bond donors (Lipinski definition) is 2. The van der Waals surface area contributed by atoms with Gasteiger partial charge in [-0.1, -0.05) is 0 Å². The molecule has 1 aromatic carbocycles. The van der Waals surface area contributed by atoms with Crippen molar-refractivity contribution in [2.75, 3.05) is 51.2 Å². The number of carbonyl (C=O) groups is 1. The molecular weight excluding hydrogens is 340 g/mol. The lowest BCUT2D eigenvalue weighted by Crippen LogP contribution is -2.19. The van der Waals surface area contributed by atoms with Crippen LogP contribution >= 0.6 is 15.9 Å². The zero-order valence-corrected chi connectivity index (χ0v) is 13.6. The summed E-state index contributed by atoms with van der Waals surface area (Å²) >= 11 is 3.34. The van der Waals surface area contributed by atoms with Crippen LogP contribution in [0.3, 0.4) is 0 Å². The van der Waals surface area contributed by atoms with E-state index < -0.39 is 0 Å². The number of benzene rings is 1. The van der Waals surface area contributed by atoms with Crippen LogP contribution < -0.4 is 11.1 Å². The van der Waals surface area contributed by atoms with Gasteiger partial charge in [0, 0.05) is 30.5 Å². The summed E-state index contributed by atoms with van der Waals surface area (Å²) in [7, 11) is 1.63. The van der Waals surface area contributed by atoms with Gasteiger partial charge in [0.15, 0.2) is 0 Å². The van der Waals surface area contributed by atoms with E-state index in [9.17, 15) is 4.79 Å². The predicted octanol–water partition coefficient (Wildman–Crippen LogP) is 2.04. The number of nitrogen functional groups attached to an aromatic ring is 1. The molecule has 0 aromatic heterocycles. The average molecular weight is 361 g/mol. The smallest absolute Gasteiger partial charge is 0.250 e. The standard InChI is InChI=1S/C14H21BrN2O4/c1-19-7-8-20-5-2-6-21-10-14(18)17-13-4-3-11(16)9-12(13)15/h3-4,9H,2,5-8,10,16H2,1H3,(H,17,18). The Morgan fingerprint density at radius 1 is 1.24 bits per heavy atom. The molecule has 0 saturated carbocycles. The molecule has 0 unspecified atom stereocenters. The van der Waals surface area contributed by atoms with E-state index in [1.807, 2.05) is 0 Å². The van der Waals surface area contributed by atoms with Gasteiger partial charge in [0.05, 0.1) is 18.9 Å². The van der Waals surface area contributed by atoms with Crippen molar-refractivity contribution in [3.8, 4) is 0 Å². The highest BCUT2D eigenvalue weighted by Crippen LogP contribution is 2.24. The number of halogens is 1. The minimum absolute atomic E-state index is 0.00882. The monoisotopic (exact) mass is 360 g/mol. The maximum absolute atomic E-state index is 11.7. The van der Waals surface area contributed by atoms with Gasteiger partial charge >= 0.3 is 0 Å². The van der Waals surface area contributed by atoms with Crippen LogP contribution in [0.25, 0.3) is 0 Å². The summed E-state index contributed by atoms with van der Waals surface area (Å²) in [5.41, 5.74) is 6.92. The molecule has 1 amide bonds. The normalized spacial score (nSPS) is 10.6. The van der Waals surface area contributed by atoms with Crippen molar-refractivity contribution >= 4 is 33.2 Å². The highest BCUT2D eigenvalue weighted by molar-refractivity contribution is 9.10. The Bertz CT molecular complexity index is 443. The highest BCUT2D eigenvalue weighted by atomic mass is 79.9. The van der Waals surface area contributed by atoms with Gasteiger partial charge in [0.1, 0.15) is 6.61 Å². The zero-order valence-electron chi connectivity index (χ0n) is 12.1. The van der Waals surface area contributed by atoms with Crippen molar-refractivity contribution in [2.45, 2.75) is 6.42 Å². The van der Waals surface area contributed by atoms with Gasteiger partial charge < -0.3 is 25.3 Å². The Morgan fingerprint density at radius 2 is 2.00 bits per heavy atom. The molecule has 118 valence electrons. The molecule has 0 heterocycles. The van der Waals surface area contributed by atoms with E-state index in [1.54, 1.807) is 25.3 Å². The van der Waals surface area contributed by atoms with E-state index in [0.717, 1.165) is 10.9 Å². The molecule has 21 heavy (non-hydrogen) atoms. The van der Waals surface area contributed by atoms with Crippen molar-refractivity contribution in [1.82, 2.24) is 0 Å². The maximum Gasteiger partial charge on any atom is 0.250 e. The summed E-state index contributed by atoms with van der Waals surface area (Å²) in [6.45, 7) is 2.23. The molecule has 0 aliphatic rings. The van der Waals surface area contributed by atoms with Crippen LogP contribution in [0.15, 0.2) is 22.7 Å². The van der Waals surface area contributed by atoms with Crippen molar-refractivity contribution in [3.63, 3.8) is 0 Å². The summed E-state index contributed by atoms with van der Waals surface area (Å²) in [6.07, 6.45) is 0.739. The van der Waals surface area contributed by atoms with Gasteiger partial charge in [-0.05, 0) is 40.5 Å². The Kier molecular flexibility index (Phi) is 9.00. The number of amides is 1. The topological polar surface area (TPSA) is 82.8 Å². The molecule has 1 aromatic rings. The van der Waals surface area contributed by atoms with E-state index >= 15 is 0 Å². The largest absolute Gasteiger partial charge is 0.399 e. The molecule has 0 bridgehead atoms. The average Bonchev–Trinajstić information content (AvgIpc) is 2.45. The predicted molar refractivity (Wildman–Crippen MR) is 85.3 cm³/mol. The molecule has 0 saturated heterocycles. The summed E-state index contributed by atoms with van der Waals surface area (Å²) in [5.74, 6) is -0.208. The number of methoxy groups -OCH3 is 1. The lowest BCUT2D eigenvalue weighted by Gasteiger charge is -2.09. The SMILES string of the molecule is COCCOCCCOCC(=O)Nc1ccc(N)cc1Br. The fraction of sp³-hybridized carbons (Fsp3) is 0.500. The van der Waals surface area contributed by atoms with E-state index in [0.29, 0.717) is 37.8 Å². The molecule has 0 spiro atoms. The van der Waals surface area contributed by atoms with Crippen molar-refractivity contribution in [2.24, 2.45) is 0 Å². The van der Waals surface area contributed by atoms with Crippen LogP contribution in [-0.2, 0) is 19.0 Å². The molecule has 1 rings (SSSR count). The van der Waals surface area contributed by atoms with E-state index in [2.05, 4.69) is 21.2 Å². The van der Waals surface area contributed by atoms with Gasteiger partial charge in [-0.3, -0.25) is 4.79 Å². The number of carbonyl (C=O) groups excluding carboxylic acids is 1. The number of nitrogens with two attached hydrogens (primary N) is 1. The molecular formula is C14H21BrN2O4. The van der Waals surface area contributed by atoms with E-state index in [4.69, 9.17) is 19.9 Å². The number of ether oxygens (including phenoxy) is 3. The van der Waals surface area contributed by atoms with Crippen LogP contribution in [0.2, 0.25) is 0 Å². The van der Waals surface area contributed by atoms with E-state index in [1.165, 1.54) is 0 Å². The Morgan fingerprint density at radius 3 is 2.71 bits per heavy atom. The summed E-state index contributed by atoms with van der Waals surface area (Å²) in [6, 6.07) is 5.19. The highest BCUT2D eigenvalue weighted by Gasteiger charge is 2.05. The lowest BCUT2D eigenvalue weighted by atomic mass is 10.3. The zero-order chi connectivity index (χ0) is 15.5. The minimum atomic E-state index is -0.208. The van der Waals surface area contributed by atoms with Gasteiger partial charge in [-0.15, -0.1) is 0 Å². The summed E-state index contributed by atoms with van der Waals surface area (Å²) in [5, 5.41) is 2.74. The third kappa shape index (κ3) is 8.01. The number of hydrogen-bond acceptors (Lipinski definition) is 5. The first kappa shape index (κ1) is 17.9. The molecule has 0 aliphatic heterocycles. The molecule has 6 nitrogen and oxygen atoms in total. The third-order valence-corrected chi connectivity index (χ3v) is 3.17. The first-order valence-corrected chi connectivity index (χ1v) is 7.42. The van der Waals surface area contributed by atoms with Crippen molar-refractivity contribution in [3.05, 3.63) is 22.7 Å². The quantitative estimate of drug-likeness (QED) is 0.492. The Hall–Kier alpha value is -1.15. The van der Waals surface area contributed by atoms with Crippen molar-refractivity contribution in [1.29, 1.82) is 0 Å². The van der Waals surface area contributed by atoms with Crippen LogP contribution in [0.1, 0.15) is 6.42 Å². The molecule has 0 atom stereocenters. The van der Waals surface area contributed by atoms with Crippen LogP contribution in [0.5, 0.6) is 0 Å². The number of anilines is 2. The fourth-order valence-electron chi connectivity index (χ4n) is 1.49. The Labute approximate surface area is 133 Å². The third-order valence-electron chi connectivity index (χ3n) is 2.51. The number of nitrogens with one attached hydrogen (secondary N) is 1. The first-order valence-electron chi connectivity index (χ1n) is 6.62. The molecule has 0 radical (unpaired) electrons. The first-order chi connectivity index (χ1) is 10.1. The molecule has 0 fully saturated rings. The van der Waals surface area contributed by atoms with Gasteiger partial charge in [0.25, 0.3) is 0 Å². The van der Waals surface area contributed by atoms with Crippen molar-refractivity contribution < 1.29 is 19.0 Å². The fourth-order valence-corrected chi connectivity index (χ4v) is 1.99. The van der Waals surface area contributed by atoms with Crippen LogP contribution in [-0.4, -0.2) is 46.1 Å². The maximum atomic E-state index is 11.7. The van der Waals surface area contributed by atoms with Crippen LogP contribution in [0.4, 0.5) is 11.4 Å². The second-order valence-corrected chi connectivity index (χ2v) is 5.15.